The molecule has 0 aromatic heterocycles. The molecular weight excluding hydrogens is 382 g/mol. The molecule has 5 aliphatic rings. The molecule has 3 N–H and O–H groups in total. The highest BCUT2D eigenvalue weighted by atomic mass is 16.3. The second-order valence-electron chi connectivity index (χ2n) is 9.21. The summed E-state index contributed by atoms with van der Waals surface area (Å²) in [7, 11) is 0. The summed E-state index contributed by atoms with van der Waals surface area (Å²) < 4.78 is 0. The smallest absolute Gasteiger partial charge is 0.277 e. The number of aliphatic hydroxyl groups is 1. The van der Waals surface area contributed by atoms with E-state index in [1.165, 1.54) is 38.2 Å². The molecule has 0 atom stereocenters. The van der Waals surface area contributed by atoms with Crippen molar-refractivity contribution in [1.82, 2.24) is 10.2 Å². The minimum atomic E-state index is -0.460. The summed E-state index contributed by atoms with van der Waals surface area (Å²) in [4.78, 5) is 37.9. The molecule has 0 saturated heterocycles. The highest BCUT2D eigenvalue weighted by Gasteiger charge is 2.48. The third-order valence-electron chi connectivity index (χ3n) is 7.28. The lowest BCUT2D eigenvalue weighted by Gasteiger charge is -2.54. The van der Waals surface area contributed by atoms with Crippen LogP contribution in [0.2, 0.25) is 0 Å². The summed E-state index contributed by atoms with van der Waals surface area (Å²) in [6, 6.07) is 7.24. The van der Waals surface area contributed by atoms with Crippen molar-refractivity contribution in [3.63, 3.8) is 0 Å². The van der Waals surface area contributed by atoms with Gasteiger partial charge in [-0.15, -0.1) is 0 Å². The molecule has 158 valence electrons. The van der Waals surface area contributed by atoms with Crippen molar-refractivity contribution in [1.29, 1.82) is 0 Å². The van der Waals surface area contributed by atoms with Crippen LogP contribution in [0.4, 0.5) is 5.69 Å². The fourth-order valence-corrected chi connectivity index (χ4v) is 6.17. The van der Waals surface area contributed by atoms with Gasteiger partial charge in [0.15, 0.2) is 0 Å². The van der Waals surface area contributed by atoms with Gasteiger partial charge in [-0.1, -0.05) is 0 Å². The predicted molar refractivity (Wildman–Crippen MR) is 110 cm³/mol. The van der Waals surface area contributed by atoms with E-state index in [0.29, 0.717) is 29.1 Å². The Morgan fingerprint density at radius 1 is 1.00 bits per heavy atom. The molecule has 1 aliphatic heterocycles. The van der Waals surface area contributed by atoms with Crippen LogP contribution in [-0.4, -0.2) is 46.9 Å². The van der Waals surface area contributed by atoms with Crippen molar-refractivity contribution in [2.24, 2.45) is 23.7 Å². The Kier molecular flexibility index (Phi) is 4.85. The van der Waals surface area contributed by atoms with Crippen LogP contribution in [0.3, 0.4) is 0 Å². The molecule has 3 amide bonds. The van der Waals surface area contributed by atoms with Crippen molar-refractivity contribution >= 4 is 23.4 Å². The maximum atomic E-state index is 12.8. The standard InChI is InChI=1S/C23H27N3O4/c27-6-5-26-20(28)12-19(23(26)30)24-18-3-1-15(2-4-18)22(29)25-21-16-8-13-7-14(10-16)11-17(21)9-13/h1-4,12-14,16-17,21,24,27H,5-11H2,(H,25,29). The van der Waals surface area contributed by atoms with Gasteiger partial charge in [0.1, 0.15) is 5.70 Å². The maximum Gasteiger partial charge on any atom is 0.277 e. The minimum Gasteiger partial charge on any atom is -0.395 e. The topological polar surface area (TPSA) is 98.7 Å². The first-order valence-corrected chi connectivity index (χ1v) is 10.9. The lowest BCUT2D eigenvalue weighted by molar-refractivity contribution is -0.137. The van der Waals surface area contributed by atoms with Crippen LogP contribution in [-0.2, 0) is 9.59 Å². The number of β-amino-alcohol motifs (C(OH)–C–C–N with tert-alkyl or cyclic N) is 1. The van der Waals surface area contributed by atoms with Gasteiger partial charge < -0.3 is 15.7 Å². The number of rotatable bonds is 6. The summed E-state index contributed by atoms with van der Waals surface area (Å²) >= 11 is 0. The third kappa shape index (κ3) is 3.41. The first-order valence-electron chi connectivity index (χ1n) is 10.9. The second kappa shape index (κ2) is 7.54. The second-order valence-corrected chi connectivity index (χ2v) is 9.21. The molecule has 4 saturated carbocycles. The van der Waals surface area contributed by atoms with E-state index in [1.54, 1.807) is 24.3 Å². The van der Waals surface area contributed by atoms with Gasteiger partial charge in [-0.2, -0.15) is 0 Å². The molecule has 4 fully saturated rings. The van der Waals surface area contributed by atoms with E-state index in [1.807, 2.05) is 0 Å². The minimum absolute atomic E-state index is 0.0247. The van der Waals surface area contributed by atoms with Crippen molar-refractivity contribution in [2.45, 2.75) is 38.1 Å². The molecular formula is C23H27N3O4. The molecule has 4 bridgehead atoms. The fraction of sp³-hybridized carbons (Fsp3) is 0.522. The van der Waals surface area contributed by atoms with Gasteiger partial charge >= 0.3 is 0 Å². The SMILES string of the molecule is O=C(NC1C2CC3CC(C2)CC1C3)c1ccc(NC2=CC(=O)N(CCO)C2=O)cc1. The Morgan fingerprint density at radius 3 is 2.23 bits per heavy atom. The zero-order valence-corrected chi connectivity index (χ0v) is 16.8. The Labute approximate surface area is 175 Å². The van der Waals surface area contributed by atoms with Gasteiger partial charge in [0.25, 0.3) is 17.7 Å². The molecule has 1 aromatic carbocycles. The van der Waals surface area contributed by atoms with Crippen LogP contribution >= 0.6 is 0 Å². The Balaban J connectivity index is 1.21. The van der Waals surface area contributed by atoms with Crippen LogP contribution < -0.4 is 10.6 Å². The zero-order chi connectivity index (χ0) is 20.8. The molecule has 0 radical (unpaired) electrons. The molecule has 6 rings (SSSR count). The van der Waals surface area contributed by atoms with Crippen LogP contribution in [0.5, 0.6) is 0 Å². The molecule has 1 heterocycles. The Hall–Kier alpha value is -2.67. The number of nitrogens with one attached hydrogen (secondary N) is 2. The van der Waals surface area contributed by atoms with Crippen molar-refractivity contribution in [2.75, 3.05) is 18.5 Å². The number of hydrogen-bond acceptors (Lipinski definition) is 5. The third-order valence-corrected chi connectivity index (χ3v) is 7.28. The molecule has 4 aliphatic carbocycles. The zero-order valence-electron chi connectivity index (χ0n) is 16.8. The molecule has 0 unspecified atom stereocenters. The van der Waals surface area contributed by atoms with E-state index in [2.05, 4.69) is 10.6 Å². The van der Waals surface area contributed by atoms with Crippen molar-refractivity contribution < 1.29 is 19.5 Å². The highest BCUT2D eigenvalue weighted by molar-refractivity contribution is 6.17. The number of benzene rings is 1. The van der Waals surface area contributed by atoms with Gasteiger partial charge in [0.2, 0.25) is 0 Å². The number of carbonyl (C=O) groups excluding carboxylic acids is 3. The van der Waals surface area contributed by atoms with Gasteiger partial charge in [0, 0.05) is 23.4 Å². The molecule has 30 heavy (non-hydrogen) atoms. The maximum absolute atomic E-state index is 12.8. The molecule has 7 heteroatoms. The average Bonchev–Trinajstić information content (AvgIpc) is 2.98. The van der Waals surface area contributed by atoms with Crippen LogP contribution in [0.15, 0.2) is 36.0 Å². The first kappa shape index (κ1) is 19.3. The number of amides is 3. The van der Waals surface area contributed by atoms with Crippen molar-refractivity contribution in [3.8, 4) is 0 Å². The number of nitrogens with zero attached hydrogens (tertiary/aromatic N) is 1. The summed E-state index contributed by atoms with van der Waals surface area (Å²) in [5.41, 5.74) is 1.39. The van der Waals surface area contributed by atoms with E-state index in [9.17, 15) is 14.4 Å². The normalized spacial score (nSPS) is 31.8. The Bertz CT molecular complexity index is 880. The van der Waals surface area contributed by atoms with Crippen LogP contribution in [0, 0.1) is 23.7 Å². The number of aliphatic hydroxyl groups excluding tert-OH is 1. The predicted octanol–water partition coefficient (Wildman–Crippen LogP) is 1.90. The first-order chi connectivity index (χ1) is 14.5. The van der Waals surface area contributed by atoms with Gasteiger partial charge in [-0.05, 0) is 80.0 Å². The quantitative estimate of drug-likeness (QED) is 0.624. The number of anilines is 1. The van der Waals surface area contributed by atoms with Crippen LogP contribution in [0.25, 0.3) is 0 Å². The Morgan fingerprint density at radius 2 is 1.63 bits per heavy atom. The van der Waals surface area contributed by atoms with Gasteiger partial charge in [-0.3, -0.25) is 19.3 Å². The summed E-state index contributed by atoms with van der Waals surface area (Å²) in [6.45, 7) is -0.296. The molecule has 0 spiro atoms. The van der Waals surface area contributed by atoms with Crippen LogP contribution in [0.1, 0.15) is 42.5 Å². The molecule has 1 aromatic rings. The lowest BCUT2D eigenvalue weighted by Crippen LogP contribution is -2.55. The fourth-order valence-electron chi connectivity index (χ4n) is 6.17. The van der Waals surface area contributed by atoms with Crippen molar-refractivity contribution in [3.05, 3.63) is 41.6 Å². The van der Waals surface area contributed by atoms with Gasteiger partial charge in [-0.25, -0.2) is 0 Å². The highest BCUT2D eigenvalue weighted by Crippen LogP contribution is 2.53. The number of hydrogen-bond donors (Lipinski definition) is 3. The van der Waals surface area contributed by atoms with E-state index in [-0.39, 0.29) is 24.8 Å². The lowest BCUT2D eigenvalue weighted by atomic mass is 9.54. The van der Waals surface area contributed by atoms with E-state index in [4.69, 9.17) is 5.11 Å². The van der Waals surface area contributed by atoms with Gasteiger partial charge in [0.05, 0.1) is 13.2 Å². The van der Waals surface area contributed by atoms with E-state index in [0.717, 1.165) is 16.7 Å². The van der Waals surface area contributed by atoms with E-state index < -0.39 is 11.8 Å². The summed E-state index contributed by atoms with van der Waals surface area (Å²) in [6.07, 6.45) is 7.66. The van der Waals surface area contributed by atoms with E-state index >= 15 is 0 Å². The summed E-state index contributed by atoms with van der Waals surface area (Å²) in [5, 5.41) is 15.2. The molecule has 7 nitrogen and oxygen atoms in total. The number of imide groups is 1. The number of carbonyl (C=O) groups is 3. The average molecular weight is 409 g/mol. The monoisotopic (exact) mass is 409 g/mol. The summed E-state index contributed by atoms with van der Waals surface area (Å²) in [5.74, 6) is 2.06. The largest absolute Gasteiger partial charge is 0.395 e.